The molecule has 2 amide bonds. The largest absolute Gasteiger partial charge is 0.430 e. The fraction of sp³-hybridized carbons (Fsp3) is 0.300. The van der Waals surface area contributed by atoms with E-state index in [0.29, 0.717) is 0 Å². The van der Waals surface area contributed by atoms with Crippen molar-refractivity contribution in [3.05, 3.63) is 71.8 Å². The molecule has 1 saturated heterocycles. The van der Waals surface area contributed by atoms with Crippen molar-refractivity contribution in [2.45, 2.75) is 25.5 Å². The summed E-state index contributed by atoms with van der Waals surface area (Å²) >= 11 is 3.18. The van der Waals surface area contributed by atoms with Crippen molar-refractivity contribution in [1.29, 1.82) is 0 Å². The third-order valence-electron chi connectivity index (χ3n) is 4.56. The van der Waals surface area contributed by atoms with Gasteiger partial charge in [0.05, 0.1) is 11.4 Å². The first kappa shape index (κ1) is 17.7. The molecule has 0 saturated carbocycles. The highest BCUT2D eigenvalue weighted by Crippen LogP contribution is 2.47. The topological polar surface area (TPSA) is 46.6 Å². The molecule has 3 rings (SSSR count). The highest BCUT2D eigenvalue weighted by molar-refractivity contribution is 9.09. The number of amides is 2. The van der Waals surface area contributed by atoms with Crippen molar-refractivity contribution < 1.29 is 14.3 Å². The Morgan fingerprint density at radius 3 is 1.96 bits per heavy atom. The second kappa shape index (κ2) is 7.00. The molecule has 5 heteroatoms. The number of nitrogens with zero attached hydrogens (tertiary/aromatic N) is 1. The lowest BCUT2D eigenvalue weighted by Gasteiger charge is -2.37. The summed E-state index contributed by atoms with van der Waals surface area (Å²) in [4.78, 5) is 26.4. The zero-order valence-electron chi connectivity index (χ0n) is 14.2. The summed E-state index contributed by atoms with van der Waals surface area (Å²) < 4.78 is 5.98. The monoisotopic (exact) mass is 401 g/mol. The van der Waals surface area contributed by atoms with E-state index in [1.165, 1.54) is 4.90 Å². The number of halogens is 1. The fourth-order valence-electron chi connectivity index (χ4n) is 3.63. The number of hydrogen-bond acceptors (Lipinski definition) is 3. The van der Waals surface area contributed by atoms with E-state index in [0.717, 1.165) is 11.1 Å². The highest BCUT2D eigenvalue weighted by atomic mass is 79.9. The van der Waals surface area contributed by atoms with Gasteiger partial charge < -0.3 is 4.74 Å². The van der Waals surface area contributed by atoms with Crippen LogP contribution in [0, 0.1) is 5.92 Å². The van der Waals surface area contributed by atoms with Gasteiger partial charge in [0.2, 0.25) is 5.91 Å². The van der Waals surface area contributed by atoms with Crippen LogP contribution in [0.4, 0.5) is 4.79 Å². The lowest BCUT2D eigenvalue weighted by Crippen LogP contribution is -2.50. The van der Waals surface area contributed by atoms with Gasteiger partial charge in [-0.25, -0.2) is 9.69 Å². The van der Waals surface area contributed by atoms with Crippen LogP contribution in [0.5, 0.6) is 0 Å². The molecule has 0 radical (unpaired) electrons. The summed E-state index contributed by atoms with van der Waals surface area (Å²) in [6.07, 6.45) is -0.601. The number of hydrogen-bond donors (Lipinski definition) is 0. The molecule has 1 aliphatic heterocycles. The average molecular weight is 402 g/mol. The maximum Gasteiger partial charge on any atom is 0.418 e. The number of carbonyl (C=O) groups is 2. The second-order valence-corrected chi connectivity index (χ2v) is 6.98. The lowest BCUT2D eigenvalue weighted by molar-refractivity contribution is -0.127. The quantitative estimate of drug-likeness (QED) is 0.716. The Morgan fingerprint density at radius 1 is 1.08 bits per heavy atom. The van der Waals surface area contributed by atoms with E-state index in [9.17, 15) is 9.59 Å². The molecular weight excluding hydrogens is 382 g/mol. The summed E-state index contributed by atoms with van der Waals surface area (Å²) in [5.74, 6) is -0.285. The van der Waals surface area contributed by atoms with E-state index in [2.05, 4.69) is 15.9 Å². The van der Waals surface area contributed by atoms with Gasteiger partial charge in [0.1, 0.15) is 0 Å². The van der Waals surface area contributed by atoms with Crippen molar-refractivity contribution in [2.24, 2.45) is 5.92 Å². The Hall–Kier alpha value is -2.14. The first-order valence-electron chi connectivity index (χ1n) is 8.24. The number of benzene rings is 2. The maximum atomic E-state index is 12.7. The predicted molar refractivity (Wildman–Crippen MR) is 99.4 cm³/mol. The first-order chi connectivity index (χ1) is 12.0. The van der Waals surface area contributed by atoms with E-state index in [-0.39, 0.29) is 17.2 Å². The molecule has 4 nitrogen and oxygen atoms in total. The van der Waals surface area contributed by atoms with Crippen LogP contribution in [0.2, 0.25) is 0 Å². The van der Waals surface area contributed by atoms with Gasteiger partial charge in [-0.1, -0.05) is 90.4 Å². The standard InChI is InChI=1S/C20H20BrNO3/c1-14(2)18-20(15-9-5-3-6-10-15,16-11-7-4-8-12-16)25-19(24)22(18)17(23)13-21/h3-12,14,18H,13H2,1-2H3/t18-/m1/s1. The molecule has 0 unspecified atom stereocenters. The number of cyclic esters (lactones) is 1. The van der Waals surface area contributed by atoms with Crippen LogP contribution in [-0.2, 0) is 15.1 Å². The number of alkyl halides is 1. The molecule has 0 bridgehead atoms. The Morgan fingerprint density at radius 2 is 1.56 bits per heavy atom. The minimum Gasteiger partial charge on any atom is -0.430 e. The second-order valence-electron chi connectivity index (χ2n) is 6.42. The van der Waals surface area contributed by atoms with Crippen LogP contribution in [0.25, 0.3) is 0 Å². The maximum absolute atomic E-state index is 12.7. The van der Waals surface area contributed by atoms with E-state index >= 15 is 0 Å². The SMILES string of the molecule is CC(C)[C@H]1N(C(=O)CBr)C(=O)OC1(c1ccccc1)c1ccccc1. The minimum atomic E-state index is -1.02. The molecule has 2 aromatic carbocycles. The third kappa shape index (κ3) is 2.86. The van der Waals surface area contributed by atoms with Crippen molar-refractivity contribution in [3.8, 4) is 0 Å². The van der Waals surface area contributed by atoms with E-state index in [4.69, 9.17) is 4.74 Å². The Balaban J connectivity index is 2.27. The van der Waals surface area contributed by atoms with Crippen LogP contribution in [0.15, 0.2) is 60.7 Å². The molecule has 0 aliphatic carbocycles. The average Bonchev–Trinajstić information content (AvgIpc) is 2.97. The number of imide groups is 1. The molecular formula is C20H20BrNO3. The van der Waals surface area contributed by atoms with Crippen LogP contribution >= 0.6 is 15.9 Å². The van der Waals surface area contributed by atoms with Gasteiger partial charge in [-0.2, -0.15) is 0 Å². The number of ether oxygens (including phenoxy) is 1. The molecule has 0 spiro atoms. The van der Waals surface area contributed by atoms with Gasteiger partial charge in [-0.05, 0) is 5.92 Å². The van der Waals surface area contributed by atoms with Crippen LogP contribution < -0.4 is 0 Å². The highest BCUT2D eigenvalue weighted by Gasteiger charge is 2.59. The van der Waals surface area contributed by atoms with Crippen molar-refractivity contribution in [2.75, 3.05) is 5.33 Å². The fourth-order valence-corrected chi connectivity index (χ4v) is 3.90. The Kier molecular flexibility index (Phi) is 4.95. The van der Waals surface area contributed by atoms with Gasteiger partial charge >= 0.3 is 6.09 Å². The van der Waals surface area contributed by atoms with Gasteiger partial charge in [-0.15, -0.1) is 0 Å². The zero-order valence-corrected chi connectivity index (χ0v) is 15.8. The molecule has 0 aromatic heterocycles. The predicted octanol–water partition coefficient (Wildman–Crippen LogP) is 4.33. The third-order valence-corrected chi connectivity index (χ3v) is 5.04. The van der Waals surface area contributed by atoms with Crippen LogP contribution in [-0.4, -0.2) is 28.3 Å². The smallest absolute Gasteiger partial charge is 0.418 e. The molecule has 1 aliphatic rings. The van der Waals surface area contributed by atoms with E-state index in [1.807, 2.05) is 74.5 Å². The van der Waals surface area contributed by atoms with Gasteiger partial charge in [-0.3, -0.25) is 4.79 Å². The zero-order chi connectivity index (χ0) is 18.0. The Labute approximate surface area is 155 Å². The molecule has 130 valence electrons. The van der Waals surface area contributed by atoms with Crippen molar-refractivity contribution in [3.63, 3.8) is 0 Å². The van der Waals surface area contributed by atoms with Crippen LogP contribution in [0.3, 0.4) is 0 Å². The van der Waals surface area contributed by atoms with Crippen molar-refractivity contribution in [1.82, 2.24) is 4.90 Å². The molecule has 1 heterocycles. The summed E-state index contributed by atoms with van der Waals surface area (Å²) in [7, 11) is 0. The Bertz CT molecular complexity index is 722. The minimum absolute atomic E-state index is 0.00913. The molecule has 1 fully saturated rings. The number of carbonyl (C=O) groups excluding carboxylic acids is 2. The lowest BCUT2D eigenvalue weighted by atomic mass is 9.76. The van der Waals surface area contributed by atoms with Crippen molar-refractivity contribution >= 4 is 27.9 Å². The van der Waals surface area contributed by atoms with Crippen LogP contribution in [0.1, 0.15) is 25.0 Å². The first-order valence-corrected chi connectivity index (χ1v) is 9.36. The summed E-state index contributed by atoms with van der Waals surface area (Å²) in [5.41, 5.74) is 0.697. The molecule has 2 aromatic rings. The summed E-state index contributed by atoms with van der Waals surface area (Å²) in [6.45, 7) is 4.00. The van der Waals surface area contributed by atoms with E-state index < -0.39 is 17.7 Å². The number of rotatable bonds is 4. The summed E-state index contributed by atoms with van der Waals surface area (Å²) in [5, 5.41) is 0.0744. The molecule has 1 atom stereocenters. The van der Waals surface area contributed by atoms with Gasteiger partial charge in [0, 0.05) is 11.1 Å². The van der Waals surface area contributed by atoms with Gasteiger partial charge in [0.15, 0.2) is 5.60 Å². The van der Waals surface area contributed by atoms with E-state index in [1.54, 1.807) is 0 Å². The normalized spacial score (nSPS) is 19.1. The summed E-state index contributed by atoms with van der Waals surface area (Å²) in [6, 6.07) is 18.8. The molecule has 25 heavy (non-hydrogen) atoms. The van der Waals surface area contributed by atoms with Gasteiger partial charge in [0.25, 0.3) is 0 Å². The molecule has 0 N–H and O–H groups in total.